The van der Waals surface area contributed by atoms with Crippen LogP contribution in [0.2, 0.25) is 0 Å². The first-order valence-electron chi connectivity index (χ1n) is 8.78. The summed E-state index contributed by atoms with van der Waals surface area (Å²) in [7, 11) is 1.29. The zero-order valence-corrected chi connectivity index (χ0v) is 16.0. The highest BCUT2D eigenvalue weighted by molar-refractivity contribution is 7.17. The number of carbonyl (C=O) groups is 2. The van der Waals surface area contributed by atoms with Gasteiger partial charge in [0.2, 0.25) is 5.91 Å². The number of ether oxygens (including phenoxy) is 1. The van der Waals surface area contributed by atoms with Crippen molar-refractivity contribution in [3.8, 4) is 0 Å². The van der Waals surface area contributed by atoms with Crippen LogP contribution in [0.5, 0.6) is 0 Å². The summed E-state index contributed by atoms with van der Waals surface area (Å²) in [6.45, 7) is -0.399. The number of hydrogen-bond acceptors (Lipinski definition) is 7. The molecule has 3 rings (SSSR count). The number of aromatic nitrogens is 1. The lowest BCUT2D eigenvalue weighted by Gasteiger charge is -2.08. The predicted octanol–water partition coefficient (Wildman–Crippen LogP) is 2.51. The highest BCUT2D eigenvalue weighted by Gasteiger charge is 2.26. The minimum Gasteiger partial charge on any atom is -0.465 e. The van der Waals surface area contributed by atoms with Crippen molar-refractivity contribution in [2.75, 3.05) is 12.4 Å². The summed E-state index contributed by atoms with van der Waals surface area (Å²) in [4.78, 5) is 47.9. The summed E-state index contributed by atoms with van der Waals surface area (Å²) in [5, 5.41) is 13.9. The molecule has 0 fully saturated rings. The molecule has 0 saturated carbocycles. The van der Waals surface area contributed by atoms with E-state index in [0.717, 1.165) is 65.4 Å². The van der Waals surface area contributed by atoms with E-state index in [0.29, 0.717) is 10.6 Å². The summed E-state index contributed by atoms with van der Waals surface area (Å²) in [5.74, 6) is -1.06. The second-order valence-electron chi connectivity index (χ2n) is 6.42. The van der Waals surface area contributed by atoms with Crippen LogP contribution < -0.4 is 10.9 Å². The molecule has 1 aliphatic rings. The maximum absolute atomic E-state index is 12.5. The Morgan fingerprint density at radius 3 is 2.75 bits per heavy atom. The maximum atomic E-state index is 12.5. The zero-order valence-electron chi connectivity index (χ0n) is 15.2. The quantitative estimate of drug-likeness (QED) is 0.353. The second kappa shape index (κ2) is 8.34. The number of hydrogen-bond donors (Lipinski definition) is 1. The predicted molar refractivity (Wildman–Crippen MR) is 103 cm³/mol. The number of thiophene rings is 1. The van der Waals surface area contributed by atoms with Crippen molar-refractivity contribution in [3.63, 3.8) is 0 Å². The van der Waals surface area contributed by atoms with E-state index in [2.05, 4.69) is 5.32 Å². The van der Waals surface area contributed by atoms with Gasteiger partial charge in [0.15, 0.2) is 0 Å². The topological polar surface area (TPSA) is 121 Å². The number of carbonyl (C=O) groups excluding carboxylic acids is 2. The van der Waals surface area contributed by atoms with Gasteiger partial charge in [0.1, 0.15) is 11.5 Å². The van der Waals surface area contributed by atoms with Crippen molar-refractivity contribution >= 4 is 33.9 Å². The van der Waals surface area contributed by atoms with Crippen molar-refractivity contribution in [1.29, 1.82) is 0 Å². The number of nitrogens with zero attached hydrogens (tertiary/aromatic N) is 2. The maximum Gasteiger partial charge on any atom is 0.341 e. The molecular formula is C18H19N3O6S. The van der Waals surface area contributed by atoms with Crippen molar-refractivity contribution in [2.24, 2.45) is 0 Å². The first kappa shape index (κ1) is 19.7. The van der Waals surface area contributed by atoms with E-state index in [4.69, 9.17) is 4.74 Å². The lowest BCUT2D eigenvalue weighted by Crippen LogP contribution is -2.27. The number of nitrogens with one attached hydrogen (secondary N) is 1. The second-order valence-corrected chi connectivity index (χ2v) is 7.52. The molecule has 0 bridgehead atoms. The number of methoxy groups -OCH3 is 1. The molecule has 0 atom stereocenters. The van der Waals surface area contributed by atoms with Crippen LogP contribution in [0, 0.1) is 10.1 Å². The molecule has 148 valence electrons. The summed E-state index contributed by atoms with van der Waals surface area (Å²) in [5.41, 5.74) is 0.461. The fraction of sp³-hybridized carbons (Fsp3) is 0.389. The Bertz CT molecular complexity index is 994. The Balaban J connectivity index is 1.86. The number of fused-ring (bicyclic) bond motifs is 1. The molecule has 10 heteroatoms. The van der Waals surface area contributed by atoms with E-state index >= 15 is 0 Å². The van der Waals surface area contributed by atoms with Crippen molar-refractivity contribution in [3.05, 3.63) is 54.8 Å². The van der Waals surface area contributed by atoms with Gasteiger partial charge in [-0.2, -0.15) is 0 Å². The van der Waals surface area contributed by atoms with Gasteiger partial charge in [-0.1, -0.05) is 6.42 Å². The van der Waals surface area contributed by atoms with E-state index in [1.54, 1.807) is 0 Å². The Labute approximate surface area is 164 Å². The van der Waals surface area contributed by atoms with Crippen molar-refractivity contribution in [2.45, 2.75) is 38.6 Å². The lowest BCUT2D eigenvalue weighted by molar-refractivity contribution is -0.385. The normalized spacial score (nSPS) is 13.3. The minimum atomic E-state index is -0.639. The number of anilines is 1. The molecule has 0 saturated heterocycles. The van der Waals surface area contributed by atoms with E-state index in [-0.39, 0.29) is 5.69 Å². The Morgan fingerprint density at radius 1 is 1.29 bits per heavy atom. The van der Waals surface area contributed by atoms with Crippen LogP contribution in [-0.2, 0) is 28.9 Å². The Kier molecular flexibility index (Phi) is 5.88. The molecule has 0 spiro atoms. The summed E-state index contributed by atoms with van der Waals surface area (Å²) < 4.78 is 5.85. The van der Waals surface area contributed by atoms with Gasteiger partial charge in [0.05, 0.1) is 23.8 Å². The van der Waals surface area contributed by atoms with Crippen LogP contribution in [-0.4, -0.2) is 28.5 Å². The fourth-order valence-electron chi connectivity index (χ4n) is 3.22. The van der Waals surface area contributed by atoms with Crippen LogP contribution in [0.25, 0.3) is 0 Å². The highest BCUT2D eigenvalue weighted by Crippen LogP contribution is 2.37. The van der Waals surface area contributed by atoms with E-state index < -0.39 is 28.9 Å². The van der Waals surface area contributed by atoms with Gasteiger partial charge in [-0.05, 0) is 31.2 Å². The summed E-state index contributed by atoms with van der Waals surface area (Å²) in [6.07, 6.45) is 5.67. The van der Waals surface area contributed by atoms with E-state index in [9.17, 15) is 24.5 Å². The zero-order chi connectivity index (χ0) is 20.3. The standard InChI is InChI=1S/C18H19N3O6S/c1-27-18(24)16-12-5-3-2-4-6-13(12)28-17(16)19-14(22)10-20-9-11(21(25)26)7-8-15(20)23/h7-9H,2-6,10H2,1H3,(H,19,22). The third-order valence-electron chi connectivity index (χ3n) is 4.56. The molecule has 0 radical (unpaired) electrons. The minimum absolute atomic E-state index is 0.287. The highest BCUT2D eigenvalue weighted by atomic mass is 32.1. The van der Waals surface area contributed by atoms with Gasteiger partial charge in [-0.15, -0.1) is 11.3 Å². The van der Waals surface area contributed by atoms with Gasteiger partial charge in [0.25, 0.3) is 11.2 Å². The van der Waals surface area contributed by atoms with Crippen LogP contribution in [0.4, 0.5) is 10.7 Å². The molecule has 1 aliphatic carbocycles. The number of esters is 1. The number of pyridine rings is 1. The summed E-state index contributed by atoms with van der Waals surface area (Å²) in [6, 6.07) is 2.13. The molecule has 0 unspecified atom stereocenters. The Hall–Kier alpha value is -3.01. The van der Waals surface area contributed by atoms with Crippen molar-refractivity contribution in [1.82, 2.24) is 4.57 Å². The average molecular weight is 405 g/mol. The molecule has 1 N–H and O–H groups in total. The van der Waals surface area contributed by atoms with Crippen LogP contribution in [0.15, 0.2) is 23.1 Å². The van der Waals surface area contributed by atoms with Gasteiger partial charge in [-0.25, -0.2) is 4.79 Å². The largest absolute Gasteiger partial charge is 0.465 e. The van der Waals surface area contributed by atoms with Gasteiger partial charge in [0, 0.05) is 17.0 Å². The average Bonchev–Trinajstić information content (AvgIpc) is 2.83. The molecule has 0 aromatic carbocycles. The van der Waals surface area contributed by atoms with Gasteiger partial charge in [-0.3, -0.25) is 24.3 Å². The van der Waals surface area contributed by atoms with Crippen LogP contribution in [0.3, 0.4) is 0 Å². The first-order chi connectivity index (χ1) is 13.4. The molecule has 2 aromatic heterocycles. The van der Waals surface area contributed by atoms with E-state index in [1.165, 1.54) is 18.4 Å². The molecular weight excluding hydrogens is 386 g/mol. The van der Waals surface area contributed by atoms with Crippen LogP contribution in [0.1, 0.15) is 40.1 Å². The molecule has 9 nitrogen and oxygen atoms in total. The SMILES string of the molecule is COC(=O)c1c(NC(=O)Cn2cc([N+](=O)[O-])ccc2=O)sc2c1CCCCC2. The van der Waals surface area contributed by atoms with Gasteiger partial charge < -0.3 is 10.1 Å². The molecule has 28 heavy (non-hydrogen) atoms. The Morgan fingerprint density at radius 2 is 2.04 bits per heavy atom. The van der Waals surface area contributed by atoms with Gasteiger partial charge >= 0.3 is 5.97 Å². The third-order valence-corrected chi connectivity index (χ3v) is 5.76. The third kappa shape index (κ3) is 4.11. The van der Waals surface area contributed by atoms with E-state index in [1.807, 2.05) is 0 Å². The molecule has 0 aliphatic heterocycles. The number of amides is 1. The molecule has 1 amide bonds. The number of rotatable bonds is 5. The fourth-order valence-corrected chi connectivity index (χ4v) is 4.51. The first-order valence-corrected chi connectivity index (χ1v) is 9.60. The van der Waals surface area contributed by atoms with Crippen molar-refractivity contribution < 1.29 is 19.2 Å². The molecule has 2 heterocycles. The lowest BCUT2D eigenvalue weighted by atomic mass is 10.1. The monoisotopic (exact) mass is 405 g/mol. The smallest absolute Gasteiger partial charge is 0.341 e. The number of aryl methyl sites for hydroxylation is 1. The van der Waals surface area contributed by atoms with Crippen LogP contribution >= 0.6 is 11.3 Å². The summed E-state index contributed by atoms with van der Waals surface area (Å²) >= 11 is 1.34. The number of nitro groups is 1. The molecule has 2 aromatic rings.